The smallest absolute Gasteiger partial charge is 0.260 e. The van der Waals surface area contributed by atoms with Gasteiger partial charge in [-0.3, -0.25) is 4.79 Å². The van der Waals surface area contributed by atoms with Crippen molar-refractivity contribution in [2.75, 3.05) is 26.7 Å². The highest BCUT2D eigenvalue weighted by molar-refractivity contribution is 6.30. The Morgan fingerprint density at radius 3 is 2.80 bits per heavy atom. The first kappa shape index (κ1) is 15.1. The van der Waals surface area contributed by atoms with Crippen LogP contribution >= 0.6 is 11.6 Å². The van der Waals surface area contributed by atoms with Crippen LogP contribution < -0.4 is 10.1 Å². The number of ether oxygens (including phenoxy) is 1. The van der Waals surface area contributed by atoms with Gasteiger partial charge in [0, 0.05) is 29.7 Å². The maximum atomic E-state index is 12.0. The van der Waals surface area contributed by atoms with Crippen LogP contribution in [-0.4, -0.2) is 37.6 Å². The summed E-state index contributed by atoms with van der Waals surface area (Å²) >= 11 is 6.03. The molecule has 0 saturated carbocycles. The summed E-state index contributed by atoms with van der Waals surface area (Å²) in [6.45, 7) is 3.82. The summed E-state index contributed by atoms with van der Waals surface area (Å²) < 4.78 is 5.70. The maximum absolute atomic E-state index is 12.0. The van der Waals surface area contributed by atoms with Crippen LogP contribution in [0, 0.1) is 0 Å². The lowest BCUT2D eigenvalue weighted by Crippen LogP contribution is -2.32. The van der Waals surface area contributed by atoms with Crippen LogP contribution in [-0.2, 0) is 4.79 Å². The van der Waals surface area contributed by atoms with Gasteiger partial charge in [-0.2, -0.15) is 0 Å². The molecule has 0 aromatic heterocycles. The van der Waals surface area contributed by atoms with E-state index >= 15 is 0 Å². The molecule has 1 aromatic carbocycles. The van der Waals surface area contributed by atoms with Crippen molar-refractivity contribution in [3.8, 4) is 5.75 Å². The minimum atomic E-state index is 0.0560. The second-order valence-electron chi connectivity index (χ2n) is 5.07. The summed E-state index contributed by atoms with van der Waals surface area (Å²) in [7, 11) is 1.88. The fraction of sp³-hybridized carbons (Fsp3) is 0.533. The highest BCUT2D eigenvalue weighted by Crippen LogP contribution is 2.28. The first-order valence-corrected chi connectivity index (χ1v) is 7.37. The molecule has 1 aliphatic heterocycles. The van der Waals surface area contributed by atoms with Gasteiger partial charge in [0.1, 0.15) is 5.75 Å². The van der Waals surface area contributed by atoms with E-state index in [4.69, 9.17) is 16.3 Å². The molecule has 0 spiro atoms. The van der Waals surface area contributed by atoms with Crippen molar-refractivity contribution in [1.82, 2.24) is 10.2 Å². The molecule has 20 heavy (non-hydrogen) atoms. The molecule has 2 rings (SSSR count). The van der Waals surface area contributed by atoms with Crippen LogP contribution in [0.15, 0.2) is 18.2 Å². The second-order valence-corrected chi connectivity index (χ2v) is 5.51. The molecule has 1 aliphatic rings. The molecule has 4 nitrogen and oxygen atoms in total. The molecule has 1 N–H and O–H groups in total. The first-order valence-electron chi connectivity index (χ1n) is 6.99. The van der Waals surface area contributed by atoms with Crippen LogP contribution in [0.25, 0.3) is 0 Å². The van der Waals surface area contributed by atoms with E-state index in [0.717, 1.165) is 31.5 Å². The number of benzene rings is 1. The molecule has 1 saturated heterocycles. The van der Waals surface area contributed by atoms with E-state index < -0.39 is 0 Å². The zero-order chi connectivity index (χ0) is 14.5. The van der Waals surface area contributed by atoms with E-state index in [9.17, 15) is 4.79 Å². The molecular formula is C15H21ClN2O2. The van der Waals surface area contributed by atoms with Gasteiger partial charge in [0.2, 0.25) is 0 Å². The lowest BCUT2D eigenvalue weighted by Gasteiger charge is -2.19. The fourth-order valence-corrected chi connectivity index (χ4v) is 2.52. The molecule has 1 heterocycles. The number of likely N-dealkylation sites (tertiary alicyclic amines) is 1. The zero-order valence-corrected chi connectivity index (χ0v) is 12.7. The maximum Gasteiger partial charge on any atom is 0.260 e. The summed E-state index contributed by atoms with van der Waals surface area (Å²) in [4.78, 5) is 13.9. The molecule has 110 valence electrons. The fourth-order valence-electron chi connectivity index (χ4n) is 2.34. The predicted octanol–water partition coefficient (Wildman–Crippen LogP) is 2.62. The third-order valence-electron chi connectivity index (χ3n) is 3.68. The molecule has 1 atom stereocenters. The summed E-state index contributed by atoms with van der Waals surface area (Å²) in [6.07, 6.45) is 2.18. The van der Waals surface area contributed by atoms with Gasteiger partial charge in [-0.15, -0.1) is 0 Å². The largest absolute Gasteiger partial charge is 0.483 e. The Bertz CT molecular complexity index is 473. The quantitative estimate of drug-likeness (QED) is 0.908. The molecule has 5 heteroatoms. The normalized spacial score (nSPS) is 16.2. The van der Waals surface area contributed by atoms with Gasteiger partial charge in [-0.25, -0.2) is 0 Å². The minimum absolute atomic E-state index is 0.0560. The van der Waals surface area contributed by atoms with Crippen LogP contribution in [0.1, 0.15) is 31.4 Å². The van der Waals surface area contributed by atoms with Crippen molar-refractivity contribution >= 4 is 17.5 Å². The van der Waals surface area contributed by atoms with Crippen LogP contribution in [0.3, 0.4) is 0 Å². The Morgan fingerprint density at radius 1 is 1.45 bits per heavy atom. The molecule has 0 radical (unpaired) electrons. The molecule has 1 aromatic rings. The lowest BCUT2D eigenvalue weighted by atomic mass is 10.1. The third-order valence-corrected chi connectivity index (χ3v) is 3.92. The number of hydrogen-bond donors (Lipinski definition) is 1. The molecular weight excluding hydrogens is 276 g/mol. The monoisotopic (exact) mass is 296 g/mol. The number of hydrogen-bond acceptors (Lipinski definition) is 3. The number of carbonyl (C=O) groups excluding carboxylic acids is 1. The van der Waals surface area contributed by atoms with Crippen LogP contribution in [0.5, 0.6) is 5.75 Å². The van der Waals surface area contributed by atoms with Gasteiger partial charge in [0.05, 0.1) is 0 Å². The van der Waals surface area contributed by atoms with Crippen molar-refractivity contribution in [1.29, 1.82) is 0 Å². The SMILES string of the molecule is CNC(C)c1cc(Cl)ccc1OCC(=O)N1CCCC1. The van der Waals surface area contributed by atoms with E-state index in [-0.39, 0.29) is 18.6 Å². The first-order chi connectivity index (χ1) is 9.61. The van der Waals surface area contributed by atoms with Gasteiger partial charge in [-0.1, -0.05) is 11.6 Å². The molecule has 1 amide bonds. The predicted molar refractivity (Wildman–Crippen MR) is 80.2 cm³/mol. The summed E-state index contributed by atoms with van der Waals surface area (Å²) in [5.74, 6) is 0.768. The van der Waals surface area contributed by atoms with E-state index in [1.165, 1.54) is 0 Å². The summed E-state index contributed by atoms with van der Waals surface area (Å²) in [5.41, 5.74) is 0.967. The highest BCUT2D eigenvalue weighted by atomic mass is 35.5. The van der Waals surface area contributed by atoms with E-state index in [2.05, 4.69) is 5.32 Å². The Balaban J connectivity index is 2.03. The Labute approximate surface area is 125 Å². The van der Waals surface area contributed by atoms with E-state index in [0.29, 0.717) is 10.8 Å². The standard InChI is InChI=1S/C15H21ClN2O2/c1-11(17-2)13-9-12(16)5-6-14(13)20-10-15(19)18-7-3-4-8-18/h5-6,9,11,17H,3-4,7-8,10H2,1-2H3. The Hall–Kier alpha value is -1.26. The van der Waals surface area contributed by atoms with Crippen molar-refractivity contribution in [3.63, 3.8) is 0 Å². The summed E-state index contributed by atoms with van der Waals surface area (Å²) in [6, 6.07) is 5.59. The number of rotatable bonds is 5. The minimum Gasteiger partial charge on any atom is -0.483 e. The van der Waals surface area contributed by atoms with Gasteiger partial charge in [0.25, 0.3) is 5.91 Å². The average molecular weight is 297 g/mol. The Morgan fingerprint density at radius 2 is 2.15 bits per heavy atom. The summed E-state index contributed by atoms with van der Waals surface area (Å²) in [5, 5.41) is 3.82. The van der Waals surface area contributed by atoms with Gasteiger partial charge < -0.3 is 15.0 Å². The van der Waals surface area contributed by atoms with Crippen molar-refractivity contribution < 1.29 is 9.53 Å². The third kappa shape index (κ3) is 3.64. The van der Waals surface area contributed by atoms with Crippen LogP contribution in [0.2, 0.25) is 5.02 Å². The zero-order valence-electron chi connectivity index (χ0n) is 12.0. The Kier molecular flexibility index (Phi) is 5.26. The van der Waals surface area contributed by atoms with Crippen molar-refractivity contribution in [2.24, 2.45) is 0 Å². The van der Waals surface area contributed by atoms with Gasteiger partial charge >= 0.3 is 0 Å². The van der Waals surface area contributed by atoms with Gasteiger partial charge in [-0.05, 0) is 45.0 Å². The topological polar surface area (TPSA) is 41.6 Å². The molecule has 1 unspecified atom stereocenters. The lowest BCUT2D eigenvalue weighted by molar-refractivity contribution is -0.132. The van der Waals surface area contributed by atoms with Crippen molar-refractivity contribution in [3.05, 3.63) is 28.8 Å². The highest BCUT2D eigenvalue weighted by Gasteiger charge is 2.19. The number of carbonyl (C=O) groups is 1. The number of nitrogens with zero attached hydrogens (tertiary/aromatic N) is 1. The molecule has 1 fully saturated rings. The number of nitrogens with one attached hydrogen (secondary N) is 1. The van der Waals surface area contributed by atoms with E-state index in [1.54, 1.807) is 6.07 Å². The van der Waals surface area contributed by atoms with Gasteiger partial charge in [0.15, 0.2) is 6.61 Å². The molecule has 0 aliphatic carbocycles. The number of halogens is 1. The second kappa shape index (κ2) is 6.95. The van der Waals surface area contributed by atoms with Crippen LogP contribution in [0.4, 0.5) is 0 Å². The number of amides is 1. The molecule has 0 bridgehead atoms. The van der Waals surface area contributed by atoms with Crippen molar-refractivity contribution in [2.45, 2.75) is 25.8 Å². The average Bonchev–Trinajstić information content (AvgIpc) is 2.99. The van der Waals surface area contributed by atoms with E-state index in [1.807, 2.05) is 31.0 Å².